The third kappa shape index (κ3) is 2.92. The molecule has 0 spiro atoms. The molecule has 2 heterocycles. The van der Waals surface area contributed by atoms with Crippen molar-refractivity contribution in [2.75, 3.05) is 19.8 Å². The van der Waals surface area contributed by atoms with Crippen LogP contribution in [0.3, 0.4) is 0 Å². The second kappa shape index (κ2) is 4.81. The van der Waals surface area contributed by atoms with Crippen LogP contribution in [0.4, 0.5) is 0 Å². The van der Waals surface area contributed by atoms with Crippen LogP contribution in [0.1, 0.15) is 39.0 Å². The van der Waals surface area contributed by atoms with Crippen LogP contribution in [0, 0.1) is 5.92 Å². The summed E-state index contributed by atoms with van der Waals surface area (Å²) in [6.45, 7) is 4.64. The van der Waals surface area contributed by atoms with Crippen molar-refractivity contribution in [2.24, 2.45) is 5.92 Å². The van der Waals surface area contributed by atoms with Crippen molar-refractivity contribution in [3.63, 3.8) is 0 Å². The molecule has 0 aromatic heterocycles. The van der Waals surface area contributed by atoms with Crippen LogP contribution in [0.2, 0.25) is 0 Å². The lowest BCUT2D eigenvalue weighted by Gasteiger charge is -2.35. The Morgan fingerprint density at radius 3 is 2.87 bits per heavy atom. The van der Waals surface area contributed by atoms with E-state index in [4.69, 9.17) is 4.74 Å². The summed E-state index contributed by atoms with van der Waals surface area (Å²) in [6, 6.07) is 0.509. The van der Waals surface area contributed by atoms with Gasteiger partial charge in [0.1, 0.15) is 0 Å². The predicted molar refractivity (Wildman–Crippen MR) is 59.8 cm³/mol. The van der Waals surface area contributed by atoms with E-state index in [1.807, 2.05) is 6.92 Å². The number of rotatable bonds is 3. The summed E-state index contributed by atoms with van der Waals surface area (Å²) in [4.78, 5) is 0. The van der Waals surface area contributed by atoms with Gasteiger partial charge in [-0.15, -0.1) is 0 Å². The Labute approximate surface area is 92.2 Å². The average molecular weight is 213 g/mol. The number of aliphatic hydroxyl groups is 1. The normalized spacial score (nSPS) is 36.4. The molecule has 2 aliphatic heterocycles. The number of hydrogen-bond donors (Lipinski definition) is 2. The zero-order valence-corrected chi connectivity index (χ0v) is 9.67. The van der Waals surface area contributed by atoms with E-state index in [1.165, 1.54) is 19.3 Å². The van der Waals surface area contributed by atoms with Gasteiger partial charge in [0, 0.05) is 18.6 Å². The van der Waals surface area contributed by atoms with E-state index in [0.29, 0.717) is 12.0 Å². The van der Waals surface area contributed by atoms with E-state index in [0.717, 1.165) is 32.6 Å². The van der Waals surface area contributed by atoms with E-state index >= 15 is 0 Å². The number of hydrogen-bond acceptors (Lipinski definition) is 3. The molecule has 0 aromatic rings. The summed E-state index contributed by atoms with van der Waals surface area (Å²) in [7, 11) is 0. The van der Waals surface area contributed by atoms with Crippen molar-refractivity contribution < 1.29 is 9.84 Å². The third-order valence-electron chi connectivity index (χ3n) is 3.88. The molecule has 2 aliphatic rings. The topological polar surface area (TPSA) is 41.5 Å². The second-order valence-corrected chi connectivity index (χ2v) is 5.27. The Hall–Kier alpha value is -0.120. The van der Waals surface area contributed by atoms with Crippen LogP contribution in [0.15, 0.2) is 0 Å². The van der Waals surface area contributed by atoms with Gasteiger partial charge in [0.2, 0.25) is 0 Å². The van der Waals surface area contributed by atoms with Crippen LogP contribution >= 0.6 is 0 Å². The molecule has 0 amide bonds. The minimum atomic E-state index is -0.550. The van der Waals surface area contributed by atoms with E-state index < -0.39 is 5.60 Å². The SMILES string of the molecule is CC(O)(CC1CCCCN1)C1CCOC1. The van der Waals surface area contributed by atoms with Crippen LogP contribution in [0.25, 0.3) is 0 Å². The van der Waals surface area contributed by atoms with Gasteiger partial charge in [0.05, 0.1) is 12.2 Å². The monoisotopic (exact) mass is 213 g/mol. The summed E-state index contributed by atoms with van der Waals surface area (Å²) in [5.41, 5.74) is -0.550. The molecule has 0 bridgehead atoms. The molecule has 0 radical (unpaired) electrons. The van der Waals surface area contributed by atoms with E-state index in [-0.39, 0.29) is 0 Å². The van der Waals surface area contributed by atoms with Crippen LogP contribution in [-0.4, -0.2) is 36.5 Å². The second-order valence-electron chi connectivity index (χ2n) is 5.27. The maximum Gasteiger partial charge on any atom is 0.0685 e. The van der Waals surface area contributed by atoms with Crippen molar-refractivity contribution in [3.8, 4) is 0 Å². The van der Waals surface area contributed by atoms with Crippen LogP contribution in [-0.2, 0) is 4.74 Å². The summed E-state index contributed by atoms with van der Waals surface area (Å²) < 4.78 is 5.35. The fraction of sp³-hybridized carbons (Fsp3) is 1.00. The van der Waals surface area contributed by atoms with Gasteiger partial charge in [-0.25, -0.2) is 0 Å². The van der Waals surface area contributed by atoms with E-state index in [1.54, 1.807) is 0 Å². The van der Waals surface area contributed by atoms with Gasteiger partial charge < -0.3 is 15.2 Å². The lowest BCUT2D eigenvalue weighted by molar-refractivity contribution is -0.0221. The Morgan fingerprint density at radius 1 is 1.40 bits per heavy atom. The Bertz CT molecular complexity index is 194. The van der Waals surface area contributed by atoms with Crippen LogP contribution < -0.4 is 5.32 Å². The Kier molecular flexibility index (Phi) is 3.65. The van der Waals surface area contributed by atoms with Gasteiger partial charge in [-0.1, -0.05) is 6.42 Å². The molecule has 2 rings (SSSR count). The molecule has 2 saturated heterocycles. The highest BCUT2D eigenvalue weighted by Crippen LogP contribution is 2.31. The standard InChI is InChI=1S/C12H23NO2/c1-12(14,10-5-7-15-9-10)8-11-4-2-3-6-13-11/h10-11,13-14H,2-9H2,1H3. The van der Waals surface area contributed by atoms with E-state index in [2.05, 4.69) is 5.32 Å². The molecular formula is C12H23NO2. The zero-order valence-electron chi connectivity index (χ0n) is 9.67. The number of nitrogens with one attached hydrogen (secondary N) is 1. The molecule has 0 aromatic carbocycles. The first-order chi connectivity index (χ1) is 7.18. The molecule has 0 aliphatic carbocycles. The third-order valence-corrected chi connectivity index (χ3v) is 3.88. The lowest BCUT2D eigenvalue weighted by atomic mass is 9.81. The van der Waals surface area contributed by atoms with Gasteiger partial charge in [0.25, 0.3) is 0 Å². The molecule has 3 nitrogen and oxygen atoms in total. The average Bonchev–Trinajstić information content (AvgIpc) is 2.71. The number of piperidine rings is 1. The molecular weight excluding hydrogens is 190 g/mol. The smallest absolute Gasteiger partial charge is 0.0685 e. The fourth-order valence-corrected chi connectivity index (χ4v) is 2.79. The molecule has 0 saturated carbocycles. The van der Waals surface area contributed by atoms with Gasteiger partial charge in [0.15, 0.2) is 0 Å². The zero-order chi connectivity index (χ0) is 10.7. The molecule has 88 valence electrons. The first-order valence-electron chi connectivity index (χ1n) is 6.22. The van der Waals surface area contributed by atoms with Gasteiger partial charge in [-0.3, -0.25) is 0 Å². The van der Waals surface area contributed by atoms with E-state index in [9.17, 15) is 5.11 Å². The minimum Gasteiger partial charge on any atom is -0.390 e. The summed E-state index contributed by atoms with van der Waals surface area (Å²) in [5.74, 6) is 0.334. The molecule has 2 fully saturated rings. The molecule has 3 atom stereocenters. The predicted octanol–water partition coefficient (Wildman–Crippen LogP) is 1.31. The Morgan fingerprint density at radius 2 is 2.27 bits per heavy atom. The maximum absolute atomic E-state index is 10.4. The fourth-order valence-electron chi connectivity index (χ4n) is 2.79. The van der Waals surface area contributed by atoms with Gasteiger partial charge >= 0.3 is 0 Å². The van der Waals surface area contributed by atoms with Crippen molar-refractivity contribution in [1.29, 1.82) is 0 Å². The van der Waals surface area contributed by atoms with Crippen LogP contribution in [0.5, 0.6) is 0 Å². The highest BCUT2D eigenvalue weighted by Gasteiger charge is 2.36. The summed E-state index contributed by atoms with van der Waals surface area (Å²) >= 11 is 0. The molecule has 2 N–H and O–H groups in total. The molecule has 15 heavy (non-hydrogen) atoms. The molecule has 3 unspecified atom stereocenters. The van der Waals surface area contributed by atoms with Crippen molar-refractivity contribution in [3.05, 3.63) is 0 Å². The highest BCUT2D eigenvalue weighted by molar-refractivity contribution is 4.89. The van der Waals surface area contributed by atoms with Crippen molar-refractivity contribution in [1.82, 2.24) is 5.32 Å². The Balaban J connectivity index is 1.84. The summed E-state index contributed by atoms with van der Waals surface area (Å²) in [6.07, 6.45) is 5.69. The first kappa shape index (κ1) is 11.4. The van der Waals surface area contributed by atoms with Crippen molar-refractivity contribution >= 4 is 0 Å². The maximum atomic E-state index is 10.4. The van der Waals surface area contributed by atoms with Gasteiger partial charge in [-0.05, 0) is 39.2 Å². The molecule has 3 heteroatoms. The largest absolute Gasteiger partial charge is 0.390 e. The lowest BCUT2D eigenvalue weighted by Crippen LogP contribution is -2.44. The first-order valence-corrected chi connectivity index (χ1v) is 6.22. The minimum absolute atomic E-state index is 0.334. The van der Waals surface area contributed by atoms with Gasteiger partial charge in [-0.2, -0.15) is 0 Å². The number of ether oxygens (including phenoxy) is 1. The quantitative estimate of drug-likeness (QED) is 0.742. The highest BCUT2D eigenvalue weighted by atomic mass is 16.5. The van der Waals surface area contributed by atoms with Crippen molar-refractivity contribution in [2.45, 2.75) is 50.7 Å². The summed E-state index contributed by atoms with van der Waals surface area (Å²) in [5, 5.41) is 13.9.